The van der Waals surface area contributed by atoms with Crippen molar-refractivity contribution >= 4 is 0 Å². The van der Waals surface area contributed by atoms with E-state index in [1.165, 1.54) is 0 Å². The molecule has 80 valence electrons. The predicted molar refractivity (Wildman–Crippen MR) is 51.8 cm³/mol. The first-order chi connectivity index (χ1) is 6.68. The maximum absolute atomic E-state index is 5.36. The van der Waals surface area contributed by atoms with Crippen molar-refractivity contribution in [1.82, 2.24) is 15.5 Å². The minimum Gasteiger partial charge on any atom is -0.424 e. The molecule has 0 aliphatic carbocycles. The minimum absolute atomic E-state index is 0.280. The van der Waals surface area contributed by atoms with Gasteiger partial charge in [-0.3, -0.25) is 0 Å². The Labute approximate surface area is 83.9 Å². The third kappa shape index (κ3) is 4.34. The Morgan fingerprint density at radius 2 is 2.21 bits per heavy atom. The molecule has 0 amide bonds. The van der Waals surface area contributed by atoms with Crippen LogP contribution in [0.15, 0.2) is 4.42 Å². The summed E-state index contributed by atoms with van der Waals surface area (Å²) in [5.74, 6) is 1.22. The largest absolute Gasteiger partial charge is 0.424 e. The predicted octanol–water partition coefficient (Wildman–Crippen LogP) is 0.893. The van der Waals surface area contributed by atoms with Crippen molar-refractivity contribution < 1.29 is 9.15 Å². The molecule has 1 rings (SSSR count). The molecule has 0 aliphatic rings. The number of hydrogen-bond donors (Lipinski definition) is 1. The van der Waals surface area contributed by atoms with Gasteiger partial charge >= 0.3 is 0 Å². The van der Waals surface area contributed by atoms with Gasteiger partial charge in [-0.15, -0.1) is 10.2 Å². The van der Waals surface area contributed by atoms with Crippen LogP contribution in [0.2, 0.25) is 0 Å². The molecule has 0 aromatic carbocycles. The zero-order chi connectivity index (χ0) is 10.4. The van der Waals surface area contributed by atoms with Gasteiger partial charge in [-0.1, -0.05) is 0 Å². The van der Waals surface area contributed by atoms with Gasteiger partial charge in [0.2, 0.25) is 11.8 Å². The SMILES string of the molecule is Cc1nnc(CNCCOC(C)C)o1. The highest BCUT2D eigenvalue weighted by molar-refractivity contribution is 4.77. The standard InChI is InChI=1S/C9H17N3O2/c1-7(2)13-5-4-10-6-9-12-11-8(3)14-9/h7,10H,4-6H2,1-3H3. The minimum atomic E-state index is 0.280. The van der Waals surface area contributed by atoms with E-state index in [0.29, 0.717) is 24.9 Å². The second kappa shape index (κ2) is 5.72. The molecule has 0 bridgehead atoms. The summed E-state index contributed by atoms with van der Waals surface area (Å²) >= 11 is 0. The van der Waals surface area contributed by atoms with Gasteiger partial charge in [0, 0.05) is 13.5 Å². The number of nitrogens with one attached hydrogen (secondary N) is 1. The molecule has 0 spiro atoms. The van der Waals surface area contributed by atoms with Crippen molar-refractivity contribution in [3.8, 4) is 0 Å². The summed E-state index contributed by atoms with van der Waals surface area (Å²) in [5.41, 5.74) is 0. The van der Waals surface area contributed by atoms with Crippen molar-refractivity contribution in [2.75, 3.05) is 13.2 Å². The second-order valence-electron chi connectivity index (χ2n) is 3.31. The maximum Gasteiger partial charge on any atom is 0.230 e. The average molecular weight is 199 g/mol. The molecule has 0 radical (unpaired) electrons. The summed E-state index contributed by atoms with van der Waals surface area (Å²) in [6, 6.07) is 0. The molecule has 0 saturated carbocycles. The summed E-state index contributed by atoms with van der Waals surface area (Å²) in [6.45, 7) is 7.90. The number of ether oxygens (including phenoxy) is 1. The highest BCUT2D eigenvalue weighted by atomic mass is 16.5. The van der Waals surface area contributed by atoms with Crippen LogP contribution in [-0.2, 0) is 11.3 Å². The lowest BCUT2D eigenvalue weighted by molar-refractivity contribution is 0.0804. The summed E-state index contributed by atoms with van der Waals surface area (Å²) in [4.78, 5) is 0. The molecule has 1 aromatic rings. The van der Waals surface area contributed by atoms with Crippen LogP contribution in [0.5, 0.6) is 0 Å². The van der Waals surface area contributed by atoms with Crippen molar-refractivity contribution in [1.29, 1.82) is 0 Å². The van der Waals surface area contributed by atoms with Crippen molar-refractivity contribution in [2.24, 2.45) is 0 Å². The number of aromatic nitrogens is 2. The quantitative estimate of drug-likeness (QED) is 0.689. The molecular weight excluding hydrogens is 182 g/mol. The first kappa shape index (κ1) is 11.1. The van der Waals surface area contributed by atoms with E-state index in [4.69, 9.17) is 9.15 Å². The van der Waals surface area contributed by atoms with Gasteiger partial charge in [-0.25, -0.2) is 0 Å². The van der Waals surface area contributed by atoms with E-state index in [1.807, 2.05) is 13.8 Å². The van der Waals surface area contributed by atoms with Gasteiger partial charge in [0.15, 0.2) is 0 Å². The topological polar surface area (TPSA) is 60.2 Å². The van der Waals surface area contributed by atoms with Crippen LogP contribution in [0.4, 0.5) is 0 Å². The monoisotopic (exact) mass is 199 g/mol. The van der Waals surface area contributed by atoms with Crippen molar-refractivity contribution in [2.45, 2.75) is 33.4 Å². The molecule has 1 N–H and O–H groups in total. The summed E-state index contributed by atoms with van der Waals surface area (Å²) in [7, 11) is 0. The van der Waals surface area contributed by atoms with E-state index in [2.05, 4.69) is 15.5 Å². The zero-order valence-corrected chi connectivity index (χ0v) is 8.91. The van der Waals surface area contributed by atoms with E-state index >= 15 is 0 Å². The number of rotatable bonds is 6. The summed E-state index contributed by atoms with van der Waals surface area (Å²) < 4.78 is 10.5. The fourth-order valence-corrected chi connectivity index (χ4v) is 0.971. The van der Waals surface area contributed by atoms with Gasteiger partial charge in [0.1, 0.15) is 0 Å². The van der Waals surface area contributed by atoms with Gasteiger partial charge in [-0.2, -0.15) is 0 Å². The van der Waals surface area contributed by atoms with Gasteiger partial charge in [0.05, 0.1) is 19.3 Å². The maximum atomic E-state index is 5.36. The molecular formula is C9H17N3O2. The molecule has 14 heavy (non-hydrogen) atoms. The molecule has 5 heteroatoms. The highest BCUT2D eigenvalue weighted by Gasteiger charge is 2.00. The van der Waals surface area contributed by atoms with Crippen LogP contribution in [0.1, 0.15) is 25.6 Å². The molecule has 5 nitrogen and oxygen atoms in total. The van der Waals surface area contributed by atoms with E-state index in [9.17, 15) is 0 Å². The van der Waals surface area contributed by atoms with Crippen LogP contribution >= 0.6 is 0 Å². The third-order valence-electron chi connectivity index (χ3n) is 1.57. The Balaban J connectivity index is 2.04. The average Bonchev–Trinajstić information content (AvgIpc) is 2.50. The molecule has 0 aliphatic heterocycles. The lowest BCUT2D eigenvalue weighted by Crippen LogP contribution is -2.21. The molecule has 0 unspecified atom stereocenters. The molecule has 0 atom stereocenters. The normalized spacial score (nSPS) is 11.1. The highest BCUT2D eigenvalue weighted by Crippen LogP contribution is 1.96. The molecule has 1 aromatic heterocycles. The molecule has 1 heterocycles. The van der Waals surface area contributed by atoms with Gasteiger partial charge < -0.3 is 14.5 Å². The van der Waals surface area contributed by atoms with E-state index in [-0.39, 0.29) is 6.10 Å². The fraction of sp³-hybridized carbons (Fsp3) is 0.778. The van der Waals surface area contributed by atoms with E-state index in [0.717, 1.165) is 6.54 Å². The Morgan fingerprint density at radius 3 is 2.79 bits per heavy atom. The number of hydrogen-bond acceptors (Lipinski definition) is 5. The van der Waals surface area contributed by atoms with E-state index in [1.54, 1.807) is 6.92 Å². The molecule has 0 saturated heterocycles. The Morgan fingerprint density at radius 1 is 1.43 bits per heavy atom. The summed E-state index contributed by atoms with van der Waals surface area (Å²) in [6.07, 6.45) is 0.280. The molecule has 0 fully saturated rings. The number of aryl methyl sites for hydroxylation is 1. The van der Waals surface area contributed by atoms with Gasteiger partial charge in [-0.05, 0) is 13.8 Å². The van der Waals surface area contributed by atoms with Gasteiger partial charge in [0.25, 0.3) is 0 Å². The Hall–Kier alpha value is -0.940. The Kier molecular flexibility index (Phi) is 4.55. The van der Waals surface area contributed by atoms with Crippen molar-refractivity contribution in [3.05, 3.63) is 11.8 Å². The zero-order valence-electron chi connectivity index (χ0n) is 8.91. The first-order valence-electron chi connectivity index (χ1n) is 4.80. The van der Waals surface area contributed by atoms with Crippen molar-refractivity contribution in [3.63, 3.8) is 0 Å². The van der Waals surface area contributed by atoms with Crippen LogP contribution in [0.25, 0.3) is 0 Å². The van der Waals surface area contributed by atoms with E-state index < -0.39 is 0 Å². The lowest BCUT2D eigenvalue weighted by atomic mass is 10.5. The Bertz CT molecular complexity index is 260. The van der Waals surface area contributed by atoms with Crippen LogP contribution in [-0.4, -0.2) is 29.5 Å². The fourth-order valence-electron chi connectivity index (χ4n) is 0.971. The van der Waals surface area contributed by atoms with Crippen LogP contribution < -0.4 is 5.32 Å². The summed E-state index contributed by atoms with van der Waals surface area (Å²) in [5, 5.41) is 10.7. The van der Waals surface area contributed by atoms with Crippen LogP contribution in [0, 0.1) is 6.92 Å². The van der Waals surface area contributed by atoms with Crippen LogP contribution in [0.3, 0.4) is 0 Å². The smallest absolute Gasteiger partial charge is 0.230 e. The third-order valence-corrected chi connectivity index (χ3v) is 1.57. The lowest BCUT2D eigenvalue weighted by Gasteiger charge is -2.06. The second-order valence-corrected chi connectivity index (χ2v) is 3.31. The number of nitrogens with zero attached hydrogens (tertiary/aromatic N) is 2. The first-order valence-corrected chi connectivity index (χ1v) is 4.80.